The number of aromatic amines is 1. The van der Waals surface area contributed by atoms with Crippen LogP contribution in [0.5, 0.6) is 0 Å². The Bertz CT molecular complexity index is 1090. The third-order valence-corrected chi connectivity index (χ3v) is 5.84. The molecule has 3 atom stereocenters. The Morgan fingerprint density at radius 3 is 2.89 bits per heavy atom. The van der Waals surface area contributed by atoms with Gasteiger partial charge in [-0.25, -0.2) is 0 Å². The summed E-state index contributed by atoms with van der Waals surface area (Å²) in [6.45, 7) is 0.979. The number of piperidine rings is 1. The van der Waals surface area contributed by atoms with E-state index in [1.807, 2.05) is 11.0 Å². The van der Waals surface area contributed by atoms with Crippen LogP contribution in [-0.2, 0) is 0 Å². The molecule has 8 heteroatoms. The van der Waals surface area contributed by atoms with Crippen molar-refractivity contribution >= 4 is 16.9 Å². The van der Waals surface area contributed by atoms with Crippen molar-refractivity contribution in [3.63, 3.8) is 0 Å². The first-order valence-electron chi connectivity index (χ1n) is 9.08. The Balaban J connectivity index is 1.50. The first kappa shape index (κ1) is 16.2. The fourth-order valence-electron chi connectivity index (χ4n) is 4.60. The minimum atomic E-state index is -0.293. The van der Waals surface area contributed by atoms with Gasteiger partial charge in [0.2, 0.25) is 0 Å². The number of aliphatic hydroxyl groups excluding tert-OH is 1. The maximum atomic E-state index is 13.1. The second-order valence-electron chi connectivity index (χ2n) is 7.34. The number of carbonyl (C=O) groups excluding carboxylic acids is 1. The molecule has 2 N–H and O–H groups in total. The number of H-pyrrole nitrogens is 1. The van der Waals surface area contributed by atoms with Gasteiger partial charge in [0, 0.05) is 42.2 Å². The van der Waals surface area contributed by atoms with Crippen LogP contribution in [0.3, 0.4) is 0 Å². The van der Waals surface area contributed by atoms with Crippen molar-refractivity contribution in [2.45, 2.75) is 18.4 Å². The van der Waals surface area contributed by atoms with E-state index in [-0.39, 0.29) is 36.0 Å². The van der Waals surface area contributed by atoms with E-state index in [2.05, 4.69) is 15.4 Å². The molecule has 2 aliphatic heterocycles. The van der Waals surface area contributed by atoms with E-state index in [4.69, 9.17) is 0 Å². The van der Waals surface area contributed by atoms with Crippen molar-refractivity contribution in [1.82, 2.24) is 24.9 Å². The predicted octanol–water partition coefficient (Wildman–Crippen LogP) is 0.913. The zero-order valence-corrected chi connectivity index (χ0v) is 14.6. The number of aliphatic hydroxyl groups is 1. The topological polar surface area (TPSA) is 104 Å². The molecule has 2 bridgehead atoms. The lowest BCUT2D eigenvalue weighted by Crippen LogP contribution is -2.51. The number of likely N-dealkylation sites (tertiary alicyclic amines) is 1. The minimum Gasteiger partial charge on any atom is -0.394 e. The number of pyridine rings is 1. The lowest BCUT2D eigenvalue weighted by molar-refractivity contribution is 0.0437. The predicted molar refractivity (Wildman–Crippen MR) is 97.5 cm³/mol. The molecule has 0 aliphatic carbocycles. The van der Waals surface area contributed by atoms with Crippen LogP contribution < -0.4 is 5.56 Å². The minimum absolute atomic E-state index is 0.0566. The summed E-state index contributed by atoms with van der Waals surface area (Å²) in [5.41, 5.74) is 2.76. The van der Waals surface area contributed by atoms with Gasteiger partial charge in [-0.05, 0) is 30.7 Å². The van der Waals surface area contributed by atoms with Crippen LogP contribution in [-0.4, -0.2) is 55.6 Å². The highest BCUT2D eigenvalue weighted by molar-refractivity contribution is 5.97. The van der Waals surface area contributed by atoms with Crippen molar-refractivity contribution < 1.29 is 9.90 Å². The van der Waals surface area contributed by atoms with Gasteiger partial charge >= 0.3 is 0 Å². The number of aromatic nitrogens is 4. The van der Waals surface area contributed by atoms with Gasteiger partial charge in [0.1, 0.15) is 11.0 Å². The molecule has 1 aromatic carbocycles. The summed E-state index contributed by atoms with van der Waals surface area (Å²) in [7, 11) is 0. The second kappa shape index (κ2) is 6.02. The van der Waals surface area contributed by atoms with Crippen molar-refractivity contribution in [3.8, 4) is 0 Å². The molecule has 2 aromatic heterocycles. The third kappa shape index (κ3) is 2.48. The lowest BCUT2D eigenvalue weighted by Gasteiger charge is -2.46. The van der Waals surface area contributed by atoms with Crippen LogP contribution in [0.25, 0.3) is 11.0 Å². The van der Waals surface area contributed by atoms with Crippen molar-refractivity contribution in [1.29, 1.82) is 0 Å². The van der Waals surface area contributed by atoms with Gasteiger partial charge in [-0.15, -0.1) is 0 Å². The van der Waals surface area contributed by atoms with Gasteiger partial charge in [-0.3, -0.25) is 9.59 Å². The zero-order chi connectivity index (χ0) is 18.5. The van der Waals surface area contributed by atoms with Gasteiger partial charge in [-0.2, -0.15) is 15.4 Å². The Kier molecular flexibility index (Phi) is 3.61. The molecule has 1 amide bonds. The van der Waals surface area contributed by atoms with Gasteiger partial charge in [-0.1, -0.05) is 6.07 Å². The average Bonchev–Trinajstić information content (AvgIpc) is 3.16. The van der Waals surface area contributed by atoms with E-state index in [9.17, 15) is 14.7 Å². The number of amides is 1. The van der Waals surface area contributed by atoms with Crippen LogP contribution in [0.1, 0.15) is 34.4 Å². The molecule has 0 spiro atoms. The summed E-state index contributed by atoms with van der Waals surface area (Å²) in [6.07, 6.45) is 0.876. The molecular weight excluding hydrogens is 346 g/mol. The molecule has 138 valence electrons. The number of benzene rings is 1. The number of hydrogen-bond acceptors (Lipinski definition) is 5. The molecular formula is C19H19N5O3. The quantitative estimate of drug-likeness (QED) is 0.703. The molecule has 5 rings (SSSR count). The largest absolute Gasteiger partial charge is 0.394 e. The first-order chi connectivity index (χ1) is 13.2. The van der Waals surface area contributed by atoms with E-state index < -0.39 is 0 Å². The Morgan fingerprint density at radius 1 is 1.19 bits per heavy atom. The molecule has 4 heterocycles. The fourth-order valence-corrected chi connectivity index (χ4v) is 4.60. The second-order valence-corrected chi connectivity index (χ2v) is 7.34. The zero-order valence-electron chi connectivity index (χ0n) is 14.6. The summed E-state index contributed by atoms with van der Waals surface area (Å²) < 4.78 is 1.72. The van der Waals surface area contributed by atoms with Crippen LogP contribution in [0.2, 0.25) is 0 Å². The summed E-state index contributed by atoms with van der Waals surface area (Å²) in [5.74, 6) is 0.0966. The van der Waals surface area contributed by atoms with Crippen molar-refractivity contribution in [2.24, 2.45) is 5.92 Å². The van der Waals surface area contributed by atoms with Crippen LogP contribution >= 0.6 is 0 Å². The van der Waals surface area contributed by atoms with Gasteiger partial charge in [0.05, 0.1) is 12.6 Å². The van der Waals surface area contributed by atoms with E-state index in [0.717, 1.165) is 17.6 Å². The SMILES string of the molecule is O=C(c1ccc2n[nH]nc2c1)N1C[C@H]2C[C@@H](C1)[C@H](CO)n1c2cccc1=O. The molecule has 2 aliphatic rings. The molecule has 3 aromatic rings. The van der Waals surface area contributed by atoms with Gasteiger partial charge in [0.15, 0.2) is 0 Å². The fraction of sp³-hybridized carbons (Fsp3) is 0.368. The molecule has 27 heavy (non-hydrogen) atoms. The number of hydrogen-bond donors (Lipinski definition) is 2. The highest BCUT2D eigenvalue weighted by atomic mass is 16.3. The third-order valence-electron chi connectivity index (χ3n) is 5.84. The van der Waals surface area contributed by atoms with E-state index in [1.165, 1.54) is 6.07 Å². The number of fused-ring (bicyclic) bond motifs is 5. The van der Waals surface area contributed by atoms with Crippen molar-refractivity contribution in [2.75, 3.05) is 19.7 Å². The summed E-state index contributed by atoms with van der Waals surface area (Å²) in [5, 5.41) is 20.6. The van der Waals surface area contributed by atoms with Gasteiger partial charge < -0.3 is 14.6 Å². The molecule has 8 nitrogen and oxygen atoms in total. The average molecular weight is 365 g/mol. The Morgan fingerprint density at radius 2 is 2.04 bits per heavy atom. The maximum Gasteiger partial charge on any atom is 0.253 e. The summed E-state index contributed by atoms with van der Waals surface area (Å²) in [4.78, 5) is 27.3. The number of rotatable bonds is 2. The molecule has 0 saturated carbocycles. The molecule has 0 radical (unpaired) electrons. The van der Waals surface area contributed by atoms with Gasteiger partial charge in [0.25, 0.3) is 11.5 Å². The highest BCUT2D eigenvalue weighted by Gasteiger charge is 2.41. The van der Waals surface area contributed by atoms with E-state index >= 15 is 0 Å². The standard InChI is InChI=1S/C19H19N5O3/c25-10-17-13-6-12(16-2-1-3-18(26)24(16)17)8-23(9-13)19(27)11-4-5-14-15(7-11)21-22-20-14/h1-5,7,12-13,17,25H,6,8-10H2,(H,20,21,22)/t12-,13+,17+/m1/s1. The number of carbonyl (C=O) groups is 1. The molecule has 0 unspecified atom stereocenters. The Hall–Kier alpha value is -3.00. The van der Waals surface area contributed by atoms with Crippen LogP contribution in [0, 0.1) is 5.92 Å². The maximum absolute atomic E-state index is 13.1. The first-order valence-corrected chi connectivity index (χ1v) is 9.08. The molecule has 1 fully saturated rings. The Labute approximate surface area is 154 Å². The summed E-state index contributed by atoms with van der Waals surface area (Å²) in [6, 6.07) is 10.2. The smallest absolute Gasteiger partial charge is 0.253 e. The monoisotopic (exact) mass is 365 g/mol. The van der Waals surface area contributed by atoms with Crippen molar-refractivity contribution in [3.05, 3.63) is 58.0 Å². The van der Waals surface area contributed by atoms with E-state index in [0.29, 0.717) is 24.2 Å². The molecule has 1 saturated heterocycles. The highest BCUT2D eigenvalue weighted by Crippen LogP contribution is 2.41. The van der Waals surface area contributed by atoms with Crippen LogP contribution in [0.15, 0.2) is 41.2 Å². The normalized spacial score (nSPS) is 24.0. The van der Waals surface area contributed by atoms with Crippen LogP contribution in [0.4, 0.5) is 0 Å². The summed E-state index contributed by atoms with van der Waals surface area (Å²) >= 11 is 0. The van der Waals surface area contributed by atoms with E-state index in [1.54, 1.807) is 28.8 Å². The number of nitrogens with zero attached hydrogens (tertiary/aromatic N) is 4. The lowest BCUT2D eigenvalue weighted by atomic mass is 9.78. The number of nitrogens with one attached hydrogen (secondary N) is 1.